The Balaban J connectivity index is 2.52. The van der Waals surface area contributed by atoms with Gasteiger partial charge in [-0.2, -0.15) is 13.2 Å². The zero-order valence-corrected chi connectivity index (χ0v) is 15.2. The summed E-state index contributed by atoms with van der Waals surface area (Å²) in [5.41, 5.74) is 4.42. The van der Waals surface area contributed by atoms with Crippen LogP contribution in [-0.4, -0.2) is 23.3 Å². The van der Waals surface area contributed by atoms with Crippen LogP contribution in [-0.2, 0) is 22.0 Å². The van der Waals surface area contributed by atoms with E-state index in [-0.39, 0.29) is 12.0 Å². The highest BCUT2D eigenvalue weighted by Gasteiger charge is 2.59. The van der Waals surface area contributed by atoms with Gasteiger partial charge in [-0.3, -0.25) is 4.98 Å². The first-order valence-electron chi connectivity index (χ1n) is 8.84. The van der Waals surface area contributed by atoms with E-state index in [1.165, 1.54) is 0 Å². The first kappa shape index (κ1) is 20.2. The summed E-state index contributed by atoms with van der Waals surface area (Å²) >= 11 is 0. The number of hydrogen-bond acceptors (Lipinski definition) is 4. The number of nitrogens with zero attached hydrogens (tertiary/aromatic N) is 1. The summed E-state index contributed by atoms with van der Waals surface area (Å²) in [5.74, 6) is 0. The van der Waals surface area contributed by atoms with E-state index in [0.717, 1.165) is 12.3 Å². The third-order valence-electron chi connectivity index (χ3n) is 5.56. The van der Waals surface area contributed by atoms with Crippen LogP contribution in [0.25, 0.3) is 0 Å². The number of nitrogens with two attached hydrogens (primary N) is 1. The smallest absolute Gasteiger partial charge is 0.399 e. The number of rotatable bonds is 6. The van der Waals surface area contributed by atoms with E-state index in [2.05, 4.69) is 4.98 Å². The van der Waals surface area contributed by atoms with Crippen molar-refractivity contribution >= 4 is 12.6 Å². The van der Waals surface area contributed by atoms with Crippen LogP contribution in [0.4, 0.5) is 13.2 Å². The van der Waals surface area contributed by atoms with E-state index in [0.29, 0.717) is 31.4 Å². The highest BCUT2D eigenvalue weighted by Crippen LogP contribution is 2.47. The average Bonchev–Trinajstić information content (AvgIpc) is 2.95. The van der Waals surface area contributed by atoms with Gasteiger partial charge in [0.15, 0.2) is 0 Å². The molecule has 2 rings (SSSR count). The van der Waals surface area contributed by atoms with E-state index >= 15 is 0 Å². The van der Waals surface area contributed by atoms with Crippen molar-refractivity contribution in [2.45, 2.75) is 77.3 Å². The molecular weight excluding hydrogens is 332 g/mol. The SMILES string of the molecule is CCC1(CC)OB(c2cc(C(F)(F)F)cnc2CN)OC1(CC)CC. The van der Waals surface area contributed by atoms with E-state index in [1.807, 2.05) is 27.7 Å². The molecule has 4 nitrogen and oxygen atoms in total. The lowest BCUT2D eigenvalue weighted by Crippen LogP contribution is -2.50. The topological polar surface area (TPSA) is 57.4 Å². The first-order chi connectivity index (χ1) is 11.7. The Bertz CT molecular complexity index is 582. The molecule has 1 fully saturated rings. The second kappa shape index (κ2) is 7.25. The van der Waals surface area contributed by atoms with Gasteiger partial charge in [0, 0.05) is 18.2 Å². The zero-order chi connectivity index (χ0) is 18.9. The van der Waals surface area contributed by atoms with E-state index in [4.69, 9.17) is 15.0 Å². The van der Waals surface area contributed by atoms with Crippen LogP contribution in [0.3, 0.4) is 0 Å². The van der Waals surface area contributed by atoms with E-state index < -0.39 is 30.1 Å². The lowest BCUT2D eigenvalue weighted by molar-refractivity contribution is -0.137. The fourth-order valence-electron chi connectivity index (χ4n) is 3.94. The summed E-state index contributed by atoms with van der Waals surface area (Å²) in [5, 5.41) is 0. The maximum atomic E-state index is 13.1. The molecule has 0 aliphatic carbocycles. The van der Waals surface area contributed by atoms with Gasteiger partial charge in [-0.25, -0.2) is 0 Å². The van der Waals surface area contributed by atoms with Crippen molar-refractivity contribution in [1.29, 1.82) is 0 Å². The van der Waals surface area contributed by atoms with Gasteiger partial charge in [0.2, 0.25) is 0 Å². The second-order valence-electron chi connectivity index (χ2n) is 6.43. The van der Waals surface area contributed by atoms with Crippen LogP contribution in [0.5, 0.6) is 0 Å². The average molecular weight is 358 g/mol. The van der Waals surface area contributed by atoms with Crippen molar-refractivity contribution < 1.29 is 22.5 Å². The van der Waals surface area contributed by atoms with Crippen LogP contribution in [0, 0.1) is 0 Å². The molecule has 1 aliphatic heterocycles. The number of pyridine rings is 1. The summed E-state index contributed by atoms with van der Waals surface area (Å²) in [4.78, 5) is 3.90. The van der Waals surface area contributed by atoms with Crippen LogP contribution < -0.4 is 11.2 Å². The van der Waals surface area contributed by atoms with Crippen molar-refractivity contribution in [1.82, 2.24) is 4.98 Å². The fraction of sp³-hybridized carbons (Fsp3) is 0.706. The fourth-order valence-corrected chi connectivity index (χ4v) is 3.94. The van der Waals surface area contributed by atoms with Crippen molar-refractivity contribution in [3.8, 4) is 0 Å². The summed E-state index contributed by atoms with van der Waals surface area (Å²) in [6.07, 6.45) is -0.816. The van der Waals surface area contributed by atoms with Gasteiger partial charge in [0.25, 0.3) is 0 Å². The Kier molecular flexibility index (Phi) is 5.86. The van der Waals surface area contributed by atoms with Crippen LogP contribution in [0.1, 0.15) is 64.6 Å². The maximum absolute atomic E-state index is 13.1. The normalized spacial score (nSPS) is 19.4. The molecule has 0 radical (unpaired) electrons. The van der Waals surface area contributed by atoms with Gasteiger partial charge in [-0.15, -0.1) is 0 Å². The molecule has 2 heterocycles. The van der Waals surface area contributed by atoms with Crippen LogP contribution >= 0.6 is 0 Å². The van der Waals surface area contributed by atoms with Crippen molar-refractivity contribution in [2.75, 3.05) is 0 Å². The largest absolute Gasteiger partial charge is 0.496 e. The van der Waals surface area contributed by atoms with Crippen LogP contribution in [0.15, 0.2) is 12.3 Å². The molecular formula is C17H26BF3N2O2. The molecule has 8 heteroatoms. The highest BCUT2D eigenvalue weighted by molar-refractivity contribution is 6.62. The summed E-state index contributed by atoms with van der Waals surface area (Å²) in [7, 11) is -0.895. The first-order valence-corrected chi connectivity index (χ1v) is 8.84. The van der Waals surface area contributed by atoms with Crippen molar-refractivity contribution in [3.05, 3.63) is 23.5 Å². The van der Waals surface area contributed by atoms with Gasteiger partial charge in [0.1, 0.15) is 0 Å². The van der Waals surface area contributed by atoms with Gasteiger partial charge in [0.05, 0.1) is 22.5 Å². The molecule has 25 heavy (non-hydrogen) atoms. The molecule has 2 N–H and O–H groups in total. The van der Waals surface area contributed by atoms with E-state index in [1.54, 1.807) is 0 Å². The minimum atomic E-state index is -4.48. The minimum absolute atomic E-state index is 0.0210. The quantitative estimate of drug-likeness (QED) is 0.792. The molecule has 0 atom stereocenters. The molecule has 0 saturated carbocycles. The minimum Gasteiger partial charge on any atom is -0.399 e. The molecule has 1 aromatic heterocycles. The summed E-state index contributed by atoms with van der Waals surface area (Å²) in [6.45, 7) is 8.09. The highest BCUT2D eigenvalue weighted by atomic mass is 19.4. The molecule has 1 aromatic rings. The Morgan fingerprint density at radius 3 is 1.88 bits per heavy atom. The Morgan fingerprint density at radius 2 is 1.52 bits per heavy atom. The van der Waals surface area contributed by atoms with E-state index in [9.17, 15) is 13.2 Å². The second-order valence-corrected chi connectivity index (χ2v) is 6.43. The number of alkyl halides is 3. The third kappa shape index (κ3) is 3.31. The van der Waals surface area contributed by atoms with Crippen LogP contribution in [0.2, 0.25) is 0 Å². The monoisotopic (exact) mass is 358 g/mol. The van der Waals surface area contributed by atoms with Gasteiger partial charge in [-0.05, 0) is 31.7 Å². The Hall–Kier alpha value is -1.12. The summed E-state index contributed by atoms with van der Waals surface area (Å²) in [6, 6.07) is 1.05. The lowest BCUT2D eigenvalue weighted by Gasteiger charge is -2.42. The molecule has 0 spiro atoms. The molecule has 0 bridgehead atoms. The van der Waals surface area contributed by atoms with Gasteiger partial charge < -0.3 is 15.0 Å². The maximum Gasteiger partial charge on any atom is 0.496 e. The Labute approximate surface area is 147 Å². The standard InChI is InChI=1S/C17H26BF3N2O2/c1-5-15(6-2)16(7-3,8-4)25-18(24-15)13-9-12(17(19,20)21)11-23-14(13)10-22/h9,11H,5-8,10,22H2,1-4H3. The van der Waals surface area contributed by atoms with Gasteiger partial charge in [-0.1, -0.05) is 27.7 Å². The molecule has 0 aromatic carbocycles. The van der Waals surface area contributed by atoms with Gasteiger partial charge >= 0.3 is 13.3 Å². The number of aromatic nitrogens is 1. The molecule has 140 valence electrons. The van der Waals surface area contributed by atoms with Crippen molar-refractivity contribution in [2.24, 2.45) is 5.73 Å². The third-order valence-corrected chi connectivity index (χ3v) is 5.56. The number of hydrogen-bond donors (Lipinski definition) is 1. The zero-order valence-electron chi connectivity index (χ0n) is 15.2. The molecule has 0 unspecified atom stereocenters. The lowest BCUT2D eigenvalue weighted by atomic mass is 9.75. The predicted molar refractivity (Wildman–Crippen MR) is 91.3 cm³/mol. The molecule has 1 aliphatic rings. The number of halogens is 3. The Morgan fingerprint density at radius 1 is 1.04 bits per heavy atom. The summed E-state index contributed by atoms with van der Waals surface area (Å²) < 4.78 is 51.8. The predicted octanol–water partition coefficient (Wildman–Crippen LogP) is 3.42. The molecule has 1 saturated heterocycles. The van der Waals surface area contributed by atoms with Crippen molar-refractivity contribution in [3.63, 3.8) is 0 Å². The molecule has 0 amide bonds.